The molecule has 0 fully saturated rings. The van der Waals surface area contributed by atoms with E-state index < -0.39 is 0 Å². The number of aromatic nitrogens is 2. The third kappa shape index (κ3) is 4.02. The summed E-state index contributed by atoms with van der Waals surface area (Å²) in [6, 6.07) is 0. The van der Waals surface area contributed by atoms with E-state index in [4.69, 9.17) is 9.47 Å². The minimum Gasteiger partial charge on any atom is -0.460 e. The van der Waals surface area contributed by atoms with Gasteiger partial charge in [0.2, 0.25) is 0 Å². The summed E-state index contributed by atoms with van der Waals surface area (Å²) in [7, 11) is 1.88. The van der Waals surface area contributed by atoms with Crippen molar-refractivity contribution in [1.29, 1.82) is 0 Å². The molecule has 0 aromatic carbocycles. The van der Waals surface area contributed by atoms with Gasteiger partial charge in [0.25, 0.3) is 5.82 Å². The van der Waals surface area contributed by atoms with E-state index in [-0.39, 0.29) is 18.5 Å². The largest absolute Gasteiger partial charge is 0.460 e. The Hall–Kier alpha value is -1.36. The van der Waals surface area contributed by atoms with Crippen LogP contribution in [-0.4, -0.2) is 30.3 Å². The fraction of sp³-hybridized carbons (Fsp3) is 0.636. The second kappa shape index (κ2) is 6.27. The van der Waals surface area contributed by atoms with Crippen molar-refractivity contribution in [3.8, 4) is 0 Å². The van der Waals surface area contributed by atoms with Crippen LogP contribution < -0.4 is 4.57 Å². The number of nitrogens with one attached hydrogen (secondary N) is 1. The van der Waals surface area contributed by atoms with Crippen molar-refractivity contribution in [2.24, 2.45) is 7.05 Å². The highest BCUT2D eigenvalue weighted by Crippen LogP contribution is 1.97. The van der Waals surface area contributed by atoms with E-state index in [0.717, 1.165) is 5.82 Å². The highest BCUT2D eigenvalue weighted by Gasteiger charge is 2.16. The zero-order valence-electron chi connectivity index (χ0n) is 10.0. The summed E-state index contributed by atoms with van der Waals surface area (Å²) in [5.74, 6) is 0.582. The summed E-state index contributed by atoms with van der Waals surface area (Å²) in [5.41, 5.74) is 0. The first-order valence-corrected chi connectivity index (χ1v) is 5.42. The zero-order valence-corrected chi connectivity index (χ0v) is 10.0. The smallest absolute Gasteiger partial charge is 0.318 e. The summed E-state index contributed by atoms with van der Waals surface area (Å²) < 4.78 is 12.2. The Labute approximate surface area is 95.4 Å². The molecule has 0 amide bonds. The summed E-state index contributed by atoms with van der Waals surface area (Å²) in [4.78, 5) is 14.5. The van der Waals surface area contributed by atoms with Gasteiger partial charge in [0.05, 0.1) is 13.7 Å². The van der Waals surface area contributed by atoms with Gasteiger partial charge in [-0.1, -0.05) is 0 Å². The van der Waals surface area contributed by atoms with Gasteiger partial charge >= 0.3 is 5.97 Å². The molecule has 1 rings (SSSR count). The van der Waals surface area contributed by atoms with Gasteiger partial charge in [-0.2, -0.15) is 0 Å². The molecule has 0 saturated heterocycles. The molecular weight excluding hydrogens is 208 g/mol. The number of ether oxygens (including phenoxy) is 2. The molecule has 5 heteroatoms. The molecule has 1 aromatic rings. The maximum absolute atomic E-state index is 11.5. The number of aromatic amines is 1. The molecule has 0 bridgehead atoms. The quantitative estimate of drug-likeness (QED) is 0.563. The molecule has 0 aliphatic rings. The van der Waals surface area contributed by atoms with E-state index in [1.807, 2.05) is 31.7 Å². The lowest BCUT2D eigenvalue weighted by Crippen LogP contribution is -2.33. The third-order valence-corrected chi connectivity index (χ3v) is 2.17. The third-order valence-electron chi connectivity index (χ3n) is 2.17. The molecule has 0 aliphatic carbocycles. The fourth-order valence-electron chi connectivity index (χ4n) is 1.33. The number of carbonyl (C=O) groups is 1. The maximum atomic E-state index is 11.5. The van der Waals surface area contributed by atoms with Crippen LogP contribution >= 0.6 is 0 Å². The molecule has 0 spiro atoms. The topological polar surface area (TPSA) is 55.2 Å². The highest BCUT2D eigenvalue weighted by molar-refractivity contribution is 5.71. The summed E-state index contributed by atoms with van der Waals surface area (Å²) >= 11 is 0. The maximum Gasteiger partial charge on any atom is 0.318 e. The van der Waals surface area contributed by atoms with Crippen LogP contribution in [0.2, 0.25) is 0 Å². The lowest BCUT2D eigenvalue weighted by Gasteiger charge is -2.11. The molecule has 1 N–H and O–H groups in total. The van der Waals surface area contributed by atoms with Gasteiger partial charge in [-0.25, -0.2) is 9.55 Å². The Bertz CT molecular complexity index is 336. The number of hydrogen-bond acceptors (Lipinski definition) is 3. The summed E-state index contributed by atoms with van der Waals surface area (Å²) in [6.07, 6.45) is 3.69. The second-order valence-corrected chi connectivity index (χ2v) is 3.65. The molecule has 0 radical (unpaired) electrons. The second-order valence-electron chi connectivity index (χ2n) is 3.65. The van der Waals surface area contributed by atoms with Gasteiger partial charge < -0.3 is 9.47 Å². The van der Waals surface area contributed by atoms with E-state index in [0.29, 0.717) is 13.2 Å². The first-order chi connectivity index (χ1) is 7.63. The number of H-pyrrole nitrogens is 1. The lowest BCUT2D eigenvalue weighted by molar-refractivity contribution is -0.677. The van der Waals surface area contributed by atoms with Gasteiger partial charge in [-0.15, -0.1) is 0 Å². The van der Waals surface area contributed by atoms with Crippen LogP contribution in [0.15, 0.2) is 12.4 Å². The molecule has 16 heavy (non-hydrogen) atoms. The molecule has 1 heterocycles. The molecule has 5 nitrogen and oxygen atoms in total. The van der Waals surface area contributed by atoms with Gasteiger partial charge in [-0.3, -0.25) is 4.79 Å². The van der Waals surface area contributed by atoms with Crippen LogP contribution in [0, 0.1) is 0 Å². The van der Waals surface area contributed by atoms with Gasteiger partial charge in [0, 0.05) is 6.61 Å². The van der Waals surface area contributed by atoms with Crippen molar-refractivity contribution in [1.82, 2.24) is 4.98 Å². The number of nitrogens with zero attached hydrogens (tertiary/aromatic N) is 1. The first kappa shape index (κ1) is 12.7. The summed E-state index contributed by atoms with van der Waals surface area (Å²) in [5, 5.41) is 0. The van der Waals surface area contributed by atoms with Gasteiger partial charge in [0.1, 0.15) is 24.9 Å². The number of esters is 1. The van der Waals surface area contributed by atoms with Crippen molar-refractivity contribution < 1.29 is 18.8 Å². The summed E-state index contributed by atoms with van der Waals surface area (Å²) in [6.45, 7) is 4.81. The highest BCUT2D eigenvalue weighted by atomic mass is 16.6. The van der Waals surface area contributed by atoms with Gasteiger partial charge in [0.15, 0.2) is 0 Å². The predicted octanol–water partition coefficient (Wildman–Crippen LogP) is 0.350. The van der Waals surface area contributed by atoms with E-state index in [1.54, 1.807) is 6.20 Å². The van der Waals surface area contributed by atoms with Crippen molar-refractivity contribution in [3.05, 3.63) is 18.2 Å². The number of hydrogen-bond donors (Lipinski definition) is 1. The molecule has 0 saturated carbocycles. The first-order valence-electron chi connectivity index (χ1n) is 5.42. The predicted molar refractivity (Wildman–Crippen MR) is 57.7 cm³/mol. The normalized spacial score (nSPS) is 12.4. The van der Waals surface area contributed by atoms with Crippen molar-refractivity contribution in [2.75, 3.05) is 13.2 Å². The Kier molecular flexibility index (Phi) is 4.98. The molecule has 90 valence electrons. The molecule has 0 unspecified atom stereocenters. The van der Waals surface area contributed by atoms with E-state index in [9.17, 15) is 4.79 Å². The minimum absolute atomic E-state index is 0.201. The fourth-order valence-corrected chi connectivity index (χ4v) is 1.33. The Morgan fingerprint density at radius 2 is 2.38 bits per heavy atom. The number of carbonyl (C=O) groups excluding carboxylic acids is 1. The zero-order chi connectivity index (χ0) is 12.0. The lowest BCUT2D eigenvalue weighted by atomic mass is 10.4. The number of imidazole rings is 1. The Balaban J connectivity index is 2.33. The number of rotatable bonds is 6. The minimum atomic E-state index is -0.245. The van der Waals surface area contributed by atoms with Crippen LogP contribution in [-0.2, 0) is 27.7 Å². The average molecular weight is 227 g/mol. The van der Waals surface area contributed by atoms with Crippen LogP contribution in [0.4, 0.5) is 0 Å². The van der Waals surface area contributed by atoms with Crippen LogP contribution in [0.25, 0.3) is 0 Å². The van der Waals surface area contributed by atoms with Gasteiger partial charge in [-0.05, 0) is 13.8 Å². The van der Waals surface area contributed by atoms with E-state index in [2.05, 4.69) is 4.98 Å². The number of aryl methyl sites for hydroxylation is 1. The Morgan fingerprint density at radius 1 is 1.62 bits per heavy atom. The van der Waals surface area contributed by atoms with Crippen LogP contribution in [0.3, 0.4) is 0 Å². The molecule has 1 aromatic heterocycles. The van der Waals surface area contributed by atoms with Crippen molar-refractivity contribution >= 4 is 5.97 Å². The van der Waals surface area contributed by atoms with Crippen molar-refractivity contribution in [2.45, 2.75) is 26.4 Å². The van der Waals surface area contributed by atoms with Crippen molar-refractivity contribution in [3.63, 3.8) is 0 Å². The average Bonchev–Trinajstić information content (AvgIpc) is 2.61. The molecular formula is C11H19N2O3+. The monoisotopic (exact) mass is 227 g/mol. The SMILES string of the molecule is CCOC[C@@H](C)OC(=O)Cc1[nH]cc[n+]1C. The molecule has 0 aliphatic heterocycles. The van der Waals surface area contributed by atoms with E-state index >= 15 is 0 Å². The van der Waals surface area contributed by atoms with Crippen LogP contribution in [0.5, 0.6) is 0 Å². The standard InChI is InChI=1S/C11H18N2O3/c1-4-15-8-9(2)16-11(14)7-10-12-5-6-13(10)3/h5-6,9H,4,7-8H2,1-3H3/p+1/t9-/m1/s1. The Morgan fingerprint density at radius 3 is 2.94 bits per heavy atom. The molecule has 1 atom stereocenters. The van der Waals surface area contributed by atoms with Crippen LogP contribution in [0.1, 0.15) is 19.7 Å². The van der Waals surface area contributed by atoms with E-state index in [1.165, 1.54) is 0 Å².